The topological polar surface area (TPSA) is 130 Å². The van der Waals surface area contributed by atoms with Crippen molar-refractivity contribution in [1.29, 1.82) is 0 Å². The van der Waals surface area contributed by atoms with E-state index in [-0.39, 0.29) is 0 Å². The number of aromatic nitrogens is 3. The van der Waals surface area contributed by atoms with Crippen molar-refractivity contribution in [1.82, 2.24) is 20.0 Å². The zero-order valence-electron chi connectivity index (χ0n) is 17.6. The molecule has 0 unspecified atom stereocenters. The molecule has 164 valence electrons. The summed E-state index contributed by atoms with van der Waals surface area (Å²) in [7, 11) is 0. The van der Waals surface area contributed by atoms with E-state index in [1.165, 1.54) is 6.26 Å². The number of hydrazone groups is 1. The normalized spacial score (nSPS) is 11.6. The molecule has 3 aromatic carbocycles. The van der Waals surface area contributed by atoms with Gasteiger partial charge in [-0.1, -0.05) is 48.5 Å². The van der Waals surface area contributed by atoms with Crippen LogP contribution < -0.4 is 21.8 Å². The van der Waals surface area contributed by atoms with Crippen molar-refractivity contribution in [3.8, 4) is 23.2 Å². The molecule has 0 bridgehead atoms. The van der Waals surface area contributed by atoms with Crippen molar-refractivity contribution < 1.29 is 9.15 Å². The van der Waals surface area contributed by atoms with Crippen LogP contribution in [-0.4, -0.2) is 20.4 Å². The van der Waals surface area contributed by atoms with Crippen molar-refractivity contribution in [2.45, 2.75) is 6.54 Å². The van der Waals surface area contributed by atoms with Crippen molar-refractivity contribution >= 4 is 16.9 Å². The van der Waals surface area contributed by atoms with E-state index in [4.69, 9.17) is 25.8 Å². The van der Waals surface area contributed by atoms with Crippen molar-refractivity contribution in [3.63, 3.8) is 0 Å². The number of hydrogen-bond acceptors (Lipinski definition) is 7. The molecule has 5 rings (SSSR count). The maximum absolute atomic E-state index is 6.12. The first-order valence-corrected chi connectivity index (χ1v) is 10.2. The molecular weight excluding hydrogens is 418 g/mol. The first-order valence-electron chi connectivity index (χ1n) is 10.2. The molecule has 0 atom stereocenters. The molecule has 9 nitrogen and oxygen atoms in total. The van der Waals surface area contributed by atoms with Gasteiger partial charge in [-0.25, -0.2) is 15.8 Å². The smallest absolute Gasteiger partial charge is 0.263 e. The Bertz CT molecular complexity index is 1390. The monoisotopic (exact) mass is 439 g/mol. The van der Waals surface area contributed by atoms with Gasteiger partial charge >= 0.3 is 0 Å². The second-order valence-electron chi connectivity index (χ2n) is 7.22. The lowest BCUT2D eigenvalue weighted by Crippen LogP contribution is -2.32. The maximum Gasteiger partial charge on any atom is 0.263 e. The summed E-state index contributed by atoms with van der Waals surface area (Å²) in [6.45, 7) is 0.536. The number of para-hydroxylation sites is 2. The molecule has 2 heterocycles. The summed E-state index contributed by atoms with van der Waals surface area (Å²) in [5.41, 5.74) is 5.92. The SMILES string of the molecule is N/N=C(\NN)c1ccc(Cn2c(-c3ncco3)nc3c(Oc4ccccc4)cccc32)cc1. The highest BCUT2D eigenvalue weighted by molar-refractivity contribution is 5.98. The van der Waals surface area contributed by atoms with Gasteiger partial charge in [0.2, 0.25) is 0 Å². The summed E-state index contributed by atoms with van der Waals surface area (Å²) < 4.78 is 13.8. The fourth-order valence-corrected chi connectivity index (χ4v) is 3.62. The molecule has 0 radical (unpaired) electrons. The standard InChI is InChI=1S/C24H21N7O2/c25-29-22(30-26)17-11-9-16(10-12-17)15-31-19-7-4-8-20(33-18-5-2-1-3-6-18)21(19)28-23(31)24-27-13-14-32-24/h1-14H,15,25-26H2,(H,29,30). The van der Waals surface area contributed by atoms with Crippen LogP contribution in [0, 0.1) is 0 Å². The Balaban J connectivity index is 1.57. The van der Waals surface area contributed by atoms with Gasteiger partial charge in [0, 0.05) is 12.1 Å². The van der Waals surface area contributed by atoms with Crippen LogP contribution >= 0.6 is 0 Å². The van der Waals surface area contributed by atoms with Gasteiger partial charge in [0.25, 0.3) is 5.89 Å². The van der Waals surface area contributed by atoms with E-state index >= 15 is 0 Å². The van der Waals surface area contributed by atoms with Crippen molar-refractivity contribution in [2.75, 3.05) is 0 Å². The quantitative estimate of drug-likeness (QED) is 0.159. The number of hydrazine groups is 1. The lowest BCUT2D eigenvalue weighted by molar-refractivity contribution is 0.487. The van der Waals surface area contributed by atoms with Crippen LogP contribution in [0.25, 0.3) is 22.7 Å². The van der Waals surface area contributed by atoms with Gasteiger partial charge in [0.1, 0.15) is 17.5 Å². The van der Waals surface area contributed by atoms with Crippen LogP contribution in [0.15, 0.2) is 94.8 Å². The lowest BCUT2D eigenvalue weighted by atomic mass is 10.1. The van der Waals surface area contributed by atoms with E-state index in [0.29, 0.717) is 29.8 Å². The van der Waals surface area contributed by atoms with Gasteiger partial charge in [-0.2, -0.15) is 5.10 Å². The number of rotatable bonds is 6. The van der Waals surface area contributed by atoms with Gasteiger partial charge in [0.05, 0.1) is 11.7 Å². The number of imidazole rings is 1. The molecule has 0 fully saturated rings. The van der Waals surface area contributed by atoms with Crippen LogP contribution in [-0.2, 0) is 6.54 Å². The summed E-state index contributed by atoms with van der Waals surface area (Å²) in [5, 5.41) is 3.65. The van der Waals surface area contributed by atoms with E-state index < -0.39 is 0 Å². The Morgan fingerprint density at radius 1 is 1.03 bits per heavy atom. The molecule has 9 heteroatoms. The highest BCUT2D eigenvalue weighted by Gasteiger charge is 2.19. The Kier molecular flexibility index (Phi) is 5.44. The summed E-state index contributed by atoms with van der Waals surface area (Å²) in [6, 6.07) is 23.2. The Morgan fingerprint density at radius 3 is 2.55 bits per heavy atom. The highest BCUT2D eigenvalue weighted by atomic mass is 16.5. The molecule has 2 aromatic heterocycles. The molecule has 0 saturated heterocycles. The van der Waals surface area contributed by atoms with E-state index in [1.54, 1.807) is 6.20 Å². The number of ether oxygens (including phenoxy) is 1. The van der Waals surface area contributed by atoms with Crippen LogP contribution in [0.3, 0.4) is 0 Å². The van der Waals surface area contributed by atoms with Crippen LogP contribution in [0.5, 0.6) is 11.5 Å². The molecular formula is C24H21N7O2. The summed E-state index contributed by atoms with van der Waals surface area (Å²) in [4.78, 5) is 9.15. The third-order valence-electron chi connectivity index (χ3n) is 5.17. The third kappa shape index (κ3) is 4.00. The van der Waals surface area contributed by atoms with Crippen molar-refractivity contribution in [2.24, 2.45) is 16.8 Å². The molecule has 0 amide bonds. The molecule has 0 saturated carbocycles. The third-order valence-corrected chi connectivity index (χ3v) is 5.17. The molecule has 0 aliphatic carbocycles. The number of nitrogens with two attached hydrogens (primary N) is 2. The van der Waals surface area contributed by atoms with Crippen molar-refractivity contribution in [3.05, 3.63) is 96.4 Å². The largest absolute Gasteiger partial charge is 0.455 e. The minimum absolute atomic E-state index is 0.401. The van der Waals surface area contributed by atoms with E-state index in [0.717, 1.165) is 27.9 Å². The number of hydrogen-bond donors (Lipinski definition) is 3. The molecule has 33 heavy (non-hydrogen) atoms. The van der Waals surface area contributed by atoms with Gasteiger partial charge < -0.3 is 25.0 Å². The number of amidine groups is 1. The van der Waals surface area contributed by atoms with E-state index in [9.17, 15) is 0 Å². The number of nitrogens with zero attached hydrogens (tertiary/aromatic N) is 4. The number of benzene rings is 3. The van der Waals surface area contributed by atoms with Crippen LogP contribution in [0.2, 0.25) is 0 Å². The van der Waals surface area contributed by atoms with E-state index in [1.807, 2.05) is 77.4 Å². The van der Waals surface area contributed by atoms with Crippen LogP contribution in [0.1, 0.15) is 11.1 Å². The molecule has 0 spiro atoms. The molecule has 0 aliphatic rings. The maximum atomic E-state index is 6.12. The summed E-state index contributed by atoms with van der Waals surface area (Å²) in [6.07, 6.45) is 3.13. The highest BCUT2D eigenvalue weighted by Crippen LogP contribution is 2.33. The molecule has 0 aliphatic heterocycles. The summed E-state index contributed by atoms with van der Waals surface area (Å²) in [5.74, 6) is 13.7. The van der Waals surface area contributed by atoms with Gasteiger partial charge in [-0.15, -0.1) is 0 Å². The Hall–Kier alpha value is -4.63. The minimum Gasteiger partial charge on any atom is -0.455 e. The zero-order valence-corrected chi connectivity index (χ0v) is 17.6. The number of nitrogens with one attached hydrogen (secondary N) is 1. The predicted octanol–water partition coefficient (Wildman–Crippen LogP) is 3.62. The van der Waals surface area contributed by atoms with E-state index in [2.05, 4.69) is 15.5 Å². The number of fused-ring (bicyclic) bond motifs is 1. The fraction of sp³-hybridized carbons (Fsp3) is 0.0417. The zero-order chi connectivity index (χ0) is 22.6. The Labute approximate surface area is 189 Å². The Morgan fingerprint density at radius 2 is 1.85 bits per heavy atom. The molecule has 5 aromatic rings. The van der Waals surface area contributed by atoms with Crippen LogP contribution in [0.4, 0.5) is 0 Å². The average Bonchev–Trinajstić information content (AvgIpc) is 3.51. The minimum atomic E-state index is 0.401. The fourth-order valence-electron chi connectivity index (χ4n) is 3.62. The van der Waals surface area contributed by atoms with Gasteiger partial charge in [-0.05, 0) is 29.8 Å². The lowest BCUT2D eigenvalue weighted by Gasteiger charge is -2.10. The second-order valence-corrected chi connectivity index (χ2v) is 7.22. The second kappa shape index (κ2) is 8.85. The first-order chi connectivity index (χ1) is 16.3. The molecule has 5 N–H and O–H groups in total. The average molecular weight is 439 g/mol. The van der Waals surface area contributed by atoms with Gasteiger partial charge in [-0.3, -0.25) is 0 Å². The summed E-state index contributed by atoms with van der Waals surface area (Å²) >= 11 is 0. The predicted molar refractivity (Wildman–Crippen MR) is 125 cm³/mol. The van der Waals surface area contributed by atoms with Gasteiger partial charge in [0.15, 0.2) is 17.4 Å². The number of oxazole rings is 1. The first kappa shape index (κ1) is 20.3.